The van der Waals surface area contributed by atoms with E-state index in [4.69, 9.17) is 4.28 Å². The SMILES string of the molecule is CCc1ccc(CC)c(S(=O)(=O)ON2C(=O)c3cccc4cccc(c34)C2=O)c1. The molecule has 0 saturated heterocycles. The molecule has 2 amide bonds. The van der Waals surface area contributed by atoms with Crippen LogP contribution in [0.3, 0.4) is 0 Å². The molecule has 6 nitrogen and oxygen atoms in total. The number of hydrogen-bond donors (Lipinski definition) is 0. The number of amides is 2. The first-order chi connectivity index (χ1) is 13.9. The topological polar surface area (TPSA) is 80.8 Å². The molecule has 0 spiro atoms. The maximum atomic E-state index is 13.0. The van der Waals surface area contributed by atoms with Gasteiger partial charge in [-0.25, -0.2) is 0 Å². The van der Waals surface area contributed by atoms with Crippen molar-refractivity contribution in [2.24, 2.45) is 0 Å². The summed E-state index contributed by atoms with van der Waals surface area (Å²) in [6.07, 6.45) is 1.11. The first kappa shape index (κ1) is 19.3. The summed E-state index contributed by atoms with van der Waals surface area (Å²) >= 11 is 0. The highest BCUT2D eigenvalue weighted by Gasteiger charge is 2.38. The molecular formula is C22H19NO5S. The number of aryl methyl sites for hydroxylation is 2. The van der Waals surface area contributed by atoms with Gasteiger partial charge in [-0.2, -0.15) is 8.42 Å². The fraction of sp³-hybridized carbons (Fsp3) is 0.182. The molecule has 1 aliphatic heterocycles. The Bertz CT molecular complexity index is 1210. The smallest absolute Gasteiger partial charge is 0.266 e. The van der Waals surface area contributed by atoms with E-state index < -0.39 is 21.9 Å². The van der Waals surface area contributed by atoms with Crippen LogP contribution in [-0.4, -0.2) is 25.3 Å². The summed E-state index contributed by atoms with van der Waals surface area (Å²) in [5.74, 6) is -1.60. The molecule has 0 aromatic heterocycles. The van der Waals surface area contributed by atoms with Crippen molar-refractivity contribution in [3.8, 4) is 0 Å². The quantitative estimate of drug-likeness (QED) is 0.598. The maximum absolute atomic E-state index is 13.0. The van der Waals surface area contributed by atoms with E-state index in [0.29, 0.717) is 28.9 Å². The summed E-state index contributed by atoms with van der Waals surface area (Å²) in [7, 11) is -4.39. The van der Waals surface area contributed by atoms with Crippen molar-refractivity contribution in [3.05, 3.63) is 76.9 Å². The minimum atomic E-state index is -4.39. The summed E-state index contributed by atoms with van der Waals surface area (Å²) in [5.41, 5.74) is 1.83. The molecule has 1 heterocycles. The van der Waals surface area contributed by atoms with Gasteiger partial charge in [0.2, 0.25) is 0 Å². The van der Waals surface area contributed by atoms with E-state index in [2.05, 4.69) is 0 Å². The minimum absolute atomic E-state index is 0.0305. The van der Waals surface area contributed by atoms with E-state index in [1.165, 1.54) is 6.07 Å². The van der Waals surface area contributed by atoms with Crippen LogP contribution < -0.4 is 0 Å². The molecular weight excluding hydrogens is 390 g/mol. The van der Waals surface area contributed by atoms with Crippen LogP contribution in [0.2, 0.25) is 0 Å². The van der Waals surface area contributed by atoms with Gasteiger partial charge in [-0.05, 0) is 47.6 Å². The molecule has 0 bridgehead atoms. The van der Waals surface area contributed by atoms with Crippen LogP contribution in [-0.2, 0) is 27.2 Å². The van der Waals surface area contributed by atoms with Gasteiger partial charge in [-0.1, -0.05) is 50.2 Å². The average molecular weight is 409 g/mol. The standard InChI is InChI=1S/C22H19NO5S/c1-3-14-11-12-15(4-2)19(13-14)29(26,27)28-23-21(24)17-9-5-7-16-8-6-10-18(20(16)17)22(23)25/h5-13H,3-4H2,1-2H3. The Morgan fingerprint density at radius 3 is 2.03 bits per heavy atom. The number of benzene rings is 3. The van der Waals surface area contributed by atoms with Crippen LogP contribution in [0.25, 0.3) is 10.8 Å². The lowest BCUT2D eigenvalue weighted by atomic mass is 9.95. The van der Waals surface area contributed by atoms with Gasteiger partial charge in [0.15, 0.2) is 0 Å². The molecule has 3 aromatic rings. The lowest BCUT2D eigenvalue weighted by molar-refractivity contribution is -0.0155. The number of carbonyl (C=O) groups excluding carboxylic acids is 2. The molecule has 0 aliphatic carbocycles. The van der Waals surface area contributed by atoms with Crippen LogP contribution in [0, 0.1) is 0 Å². The minimum Gasteiger partial charge on any atom is -0.266 e. The summed E-state index contributed by atoms with van der Waals surface area (Å²) in [5, 5.41) is 1.59. The number of hydrogen-bond acceptors (Lipinski definition) is 5. The molecule has 0 N–H and O–H groups in total. The maximum Gasteiger partial charge on any atom is 0.318 e. The molecule has 148 valence electrons. The lowest BCUT2D eigenvalue weighted by Gasteiger charge is -2.25. The Morgan fingerprint density at radius 1 is 0.862 bits per heavy atom. The third-order valence-electron chi connectivity index (χ3n) is 5.10. The summed E-state index contributed by atoms with van der Waals surface area (Å²) in [6, 6.07) is 15.2. The molecule has 4 rings (SSSR count). The van der Waals surface area contributed by atoms with Crippen LogP contribution >= 0.6 is 0 Å². The van der Waals surface area contributed by atoms with Crippen molar-refractivity contribution in [2.75, 3.05) is 0 Å². The van der Waals surface area contributed by atoms with Crippen molar-refractivity contribution in [2.45, 2.75) is 31.6 Å². The zero-order chi connectivity index (χ0) is 20.8. The highest BCUT2D eigenvalue weighted by Crippen LogP contribution is 2.31. The Kier molecular flexibility index (Phi) is 4.72. The summed E-state index contributed by atoms with van der Waals surface area (Å²) in [6.45, 7) is 3.74. The lowest BCUT2D eigenvalue weighted by Crippen LogP contribution is -2.41. The Balaban J connectivity index is 1.79. The van der Waals surface area contributed by atoms with E-state index in [-0.39, 0.29) is 16.0 Å². The van der Waals surface area contributed by atoms with Gasteiger partial charge in [0.25, 0.3) is 11.8 Å². The second kappa shape index (κ2) is 7.09. The number of carbonyl (C=O) groups is 2. The molecule has 0 fully saturated rings. The average Bonchev–Trinajstić information content (AvgIpc) is 2.74. The van der Waals surface area contributed by atoms with Crippen molar-refractivity contribution >= 4 is 32.7 Å². The van der Waals surface area contributed by atoms with Gasteiger partial charge in [0.1, 0.15) is 0 Å². The second-order valence-electron chi connectivity index (χ2n) is 6.79. The van der Waals surface area contributed by atoms with E-state index in [9.17, 15) is 18.0 Å². The normalized spacial score (nSPS) is 13.9. The van der Waals surface area contributed by atoms with E-state index in [1.807, 2.05) is 19.9 Å². The number of imide groups is 1. The Morgan fingerprint density at radius 2 is 1.48 bits per heavy atom. The van der Waals surface area contributed by atoms with Crippen molar-refractivity contribution in [1.29, 1.82) is 0 Å². The van der Waals surface area contributed by atoms with Gasteiger partial charge >= 0.3 is 10.1 Å². The third-order valence-corrected chi connectivity index (χ3v) is 6.36. The monoisotopic (exact) mass is 409 g/mol. The van der Waals surface area contributed by atoms with Crippen molar-refractivity contribution in [3.63, 3.8) is 0 Å². The second-order valence-corrected chi connectivity index (χ2v) is 8.29. The molecule has 1 aliphatic rings. The molecule has 0 radical (unpaired) electrons. The highest BCUT2D eigenvalue weighted by atomic mass is 32.2. The molecule has 29 heavy (non-hydrogen) atoms. The molecule has 3 aromatic carbocycles. The summed E-state index contributed by atoms with van der Waals surface area (Å²) in [4.78, 5) is 25.8. The van der Waals surface area contributed by atoms with Gasteiger partial charge in [0, 0.05) is 5.39 Å². The van der Waals surface area contributed by atoms with Crippen molar-refractivity contribution < 1.29 is 22.3 Å². The Hall–Kier alpha value is -3.03. The molecule has 7 heteroatoms. The predicted octanol–water partition coefficient (Wildman–Crippen LogP) is 3.88. The van der Waals surface area contributed by atoms with Gasteiger partial charge < -0.3 is 0 Å². The van der Waals surface area contributed by atoms with Gasteiger partial charge in [0.05, 0.1) is 16.0 Å². The van der Waals surface area contributed by atoms with Crippen LogP contribution in [0.1, 0.15) is 45.7 Å². The van der Waals surface area contributed by atoms with E-state index >= 15 is 0 Å². The number of rotatable bonds is 5. The Labute approximate surface area is 168 Å². The van der Waals surface area contributed by atoms with E-state index in [0.717, 1.165) is 10.9 Å². The first-order valence-corrected chi connectivity index (χ1v) is 10.7. The first-order valence-electron chi connectivity index (χ1n) is 9.34. The van der Waals surface area contributed by atoms with Gasteiger partial charge in [-0.15, -0.1) is 9.35 Å². The van der Waals surface area contributed by atoms with Crippen LogP contribution in [0.4, 0.5) is 0 Å². The van der Waals surface area contributed by atoms with Crippen LogP contribution in [0.15, 0.2) is 59.5 Å². The fourth-order valence-corrected chi connectivity index (χ4v) is 4.80. The molecule has 0 atom stereocenters. The predicted molar refractivity (Wildman–Crippen MR) is 108 cm³/mol. The molecule has 0 saturated carbocycles. The van der Waals surface area contributed by atoms with E-state index in [1.54, 1.807) is 42.5 Å². The number of nitrogens with zero attached hydrogens (tertiary/aromatic N) is 1. The molecule has 0 unspecified atom stereocenters. The zero-order valence-corrected chi connectivity index (χ0v) is 16.8. The zero-order valence-electron chi connectivity index (χ0n) is 16.0. The summed E-state index contributed by atoms with van der Waals surface area (Å²) < 4.78 is 31.2. The van der Waals surface area contributed by atoms with Gasteiger partial charge in [-0.3, -0.25) is 9.59 Å². The third kappa shape index (κ3) is 3.12. The van der Waals surface area contributed by atoms with Crippen molar-refractivity contribution in [1.82, 2.24) is 5.06 Å². The fourth-order valence-electron chi connectivity index (χ4n) is 3.56. The largest absolute Gasteiger partial charge is 0.318 e. The van der Waals surface area contributed by atoms with Crippen LogP contribution in [0.5, 0.6) is 0 Å². The number of hydroxylamine groups is 2. The highest BCUT2D eigenvalue weighted by molar-refractivity contribution is 7.86.